The smallest absolute Gasteiger partial charge is 0.0593 e. The van der Waals surface area contributed by atoms with Gasteiger partial charge >= 0.3 is 0 Å². The lowest BCUT2D eigenvalue weighted by Gasteiger charge is -2.44. The Hall–Kier alpha value is -0.120. The molecule has 2 atom stereocenters. The Morgan fingerprint density at radius 2 is 2.00 bits per heavy atom. The molecule has 1 N–H and O–H groups in total. The summed E-state index contributed by atoms with van der Waals surface area (Å²) in [6, 6.07) is 1.20. The average Bonchev–Trinajstić information content (AvgIpc) is 2.24. The van der Waals surface area contributed by atoms with Gasteiger partial charge in [-0.1, -0.05) is 34.6 Å². The minimum absolute atomic E-state index is 0.331. The summed E-state index contributed by atoms with van der Waals surface area (Å²) in [5.41, 5.74) is 0.331. The molecule has 0 amide bonds. The van der Waals surface area contributed by atoms with Gasteiger partial charge in [-0.2, -0.15) is 0 Å². The van der Waals surface area contributed by atoms with Crippen LogP contribution in [-0.4, -0.2) is 49.8 Å². The summed E-state index contributed by atoms with van der Waals surface area (Å²) in [5, 5.41) is 3.66. The first-order valence-electron chi connectivity index (χ1n) is 7.36. The van der Waals surface area contributed by atoms with E-state index in [-0.39, 0.29) is 0 Å². The number of nitrogens with zero attached hydrogens (tertiary/aromatic N) is 1. The molecule has 0 bridgehead atoms. The fourth-order valence-corrected chi connectivity index (χ4v) is 2.31. The molecule has 1 aliphatic rings. The van der Waals surface area contributed by atoms with Crippen molar-refractivity contribution in [2.45, 2.75) is 53.6 Å². The van der Waals surface area contributed by atoms with Crippen LogP contribution in [0.15, 0.2) is 0 Å². The van der Waals surface area contributed by atoms with E-state index in [0.29, 0.717) is 23.4 Å². The largest absolute Gasteiger partial charge is 0.380 e. The number of rotatable bonds is 5. The van der Waals surface area contributed by atoms with E-state index in [1.54, 1.807) is 0 Å². The quantitative estimate of drug-likeness (QED) is 0.764. The van der Waals surface area contributed by atoms with E-state index in [1.165, 1.54) is 0 Å². The molecule has 1 saturated heterocycles. The van der Waals surface area contributed by atoms with Crippen molar-refractivity contribution in [2.75, 3.05) is 32.8 Å². The molecule has 2 unspecified atom stereocenters. The second kappa shape index (κ2) is 6.88. The van der Waals surface area contributed by atoms with Gasteiger partial charge in [-0.05, 0) is 18.3 Å². The number of hydrogen-bond acceptors (Lipinski definition) is 3. The predicted octanol–water partition coefficient (Wildman–Crippen LogP) is 2.37. The SMILES string of the molecule is CC(C)COCCN1CC(C(C)(C)C)NCC1C. The standard InChI is InChI=1S/C15H32N2O/c1-12(2)11-18-8-7-17-10-14(15(4,5)6)16-9-13(17)3/h12-14,16H,7-11H2,1-6H3. The van der Waals surface area contributed by atoms with E-state index in [2.05, 4.69) is 51.8 Å². The molecule has 0 radical (unpaired) electrons. The van der Waals surface area contributed by atoms with Crippen molar-refractivity contribution in [3.8, 4) is 0 Å². The molecule has 0 aliphatic carbocycles. The van der Waals surface area contributed by atoms with Crippen LogP contribution in [0.5, 0.6) is 0 Å². The van der Waals surface area contributed by atoms with Crippen LogP contribution in [0, 0.1) is 11.3 Å². The van der Waals surface area contributed by atoms with Crippen LogP contribution in [0.25, 0.3) is 0 Å². The molecule has 0 aromatic carbocycles. The highest BCUT2D eigenvalue weighted by molar-refractivity contribution is 4.90. The Morgan fingerprint density at radius 1 is 1.33 bits per heavy atom. The molecule has 1 heterocycles. The van der Waals surface area contributed by atoms with Gasteiger partial charge in [-0.25, -0.2) is 0 Å². The van der Waals surface area contributed by atoms with Gasteiger partial charge in [0.05, 0.1) is 6.61 Å². The lowest BCUT2D eigenvalue weighted by molar-refractivity contribution is 0.0442. The number of nitrogens with one attached hydrogen (secondary N) is 1. The van der Waals surface area contributed by atoms with Gasteiger partial charge in [0.2, 0.25) is 0 Å². The average molecular weight is 256 g/mol. The molecule has 3 heteroatoms. The van der Waals surface area contributed by atoms with Crippen LogP contribution in [0.1, 0.15) is 41.5 Å². The van der Waals surface area contributed by atoms with Gasteiger partial charge in [0, 0.05) is 38.3 Å². The number of hydrogen-bond donors (Lipinski definition) is 1. The number of ether oxygens (including phenoxy) is 1. The zero-order valence-corrected chi connectivity index (χ0v) is 13.1. The van der Waals surface area contributed by atoms with Crippen LogP contribution < -0.4 is 5.32 Å². The molecule has 0 saturated carbocycles. The summed E-state index contributed by atoms with van der Waals surface area (Å²) in [6.07, 6.45) is 0. The summed E-state index contributed by atoms with van der Waals surface area (Å²) < 4.78 is 5.70. The Kier molecular flexibility index (Phi) is 6.09. The monoisotopic (exact) mass is 256 g/mol. The molecule has 1 aliphatic heterocycles. The topological polar surface area (TPSA) is 24.5 Å². The summed E-state index contributed by atoms with van der Waals surface area (Å²) in [6.45, 7) is 18.7. The molecule has 3 nitrogen and oxygen atoms in total. The Balaban J connectivity index is 2.34. The van der Waals surface area contributed by atoms with Crippen molar-refractivity contribution in [2.24, 2.45) is 11.3 Å². The van der Waals surface area contributed by atoms with Gasteiger partial charge in [0.15, 0.2) is 0 Å². The summed E-state index contributed by atoms with van der Waals surface area (Å²) in [4.78, 5) is 2.56. The highest BCUT2D eigenvalue weighted by Gasteiger charge is 2.31. The number of piperazine rings is 1. The second-order valence-electron chi connectivity index (χ2n) is 7.14. The van der Waals surface area contributed by atoms with Crippen LogP contribution in [0.2, 0.25) is 0 Å². The fraction of sp³-hybridized carbons (Fsp3) is 1.00. The fourth-order valence-electron chi connectivity index (χ4n) is 2.31. The molecule has 0 aromatic rings. The maximum atomic E-state index is 5.70. The molecule has 0 aromatic heterocycles. The van der Waals surface area contributed by atoms with Gasteiger partial charge in [0.1, 0.15) is 0 Å². The lowest BCUT2D eigenvalue weighted by atomic mass is 9.85. The molecule has 1 fully saturated rings. The van der Waals surface area contributed by atoms with E-state index >= 15 is 0 Å². The molecular formula is C15H32N2O. The van der Waals surface area contributed by atoms with Crippen molar-refractivity contribution in [3.63, 3.8) is 0 Å². The van der Waals surface area contributed by atoms with E-state index in [9.17, 15) is 0 Å². The Labute approximate surface area is 113 Å². The van der Waals surface area contributed by atoms with Crippen molar-refractivity contribution in [3.05, 3.63) is 0 Å². The summed E-state index contributed by atoms with van der Waals surface area (Å²) in [5.74, 6) is 0.632. The third-order valence-corrected chi connectivity index (χ3v) is 3.72. The van der Waals surface area contributed by atoms with Gasteiger partial charge in [-0.15, -0.1) is 0 Å². The molecule has 18 heavy (non-hydrogen) atoms. The first kappa shape index (κ1) is 15.9. The zero-order chi connectivity index (χ0) is 13.8. The van der Waals surface area contributed by atoms with E-state index < -0.39 is 0 Å². The predicted molar refractivity (Wildman–Crippen MR) is 77.9 cm³/mol. The maximum absolute atomic E-state index is 5.70. The summed E-state index contributed by atoms with van der Waals surface area (Å²) >= 11 is 0. The zero-order valence-electron chi connectivity index (χ0n) is 13.1. The maximum Gasteiger partial charge on any atom is 0.0593 e. The van der Waals surface area contributed by atoms with Crippen molar-refractivity contribution in [1.29, 1.82) is 0 Å². The van der Waals surface area contributed by atoms with Crippen LogP contribution in [0.3, 0.4) is 0 Å². The third-order valence-electron chi connectivity index (χ3n) is 3.72. The normalized spacial score (nSPS) is 26.8. The lowest BCUT2D eigenvalue weighted by Crippen LogP contribution is -2.59. The van der Waals surface area contributed by atoms with Gasteiger partial charge in [0.25, 0.3) is 0 Å². The molecule has 0 spiro atoms. The van der Waals surface area contributed by atoms with Gasteiger partial charge < -0.3 is 10.1 Å². The third kappa shape index (κ3) is 5.25. The first-order chi connectivity index (χ1) is 8.30. The Bertz CT molecular complexity index is 235. The van der Waals surface area contributed by atoms with Crippen LogP contribution in [0.4, 0.5) is 0 Å². The minimum atomic E-state index is 0.331. The van der Waals surface area contributed by atoms with Crippen molar-refractivity contribution in [1.82, 2.24) is 10.2 Å². The van der Waals surface area contributed by atoms with Crippen molar-refractivity contribution < 1.29 is 4.74 Å². The van der Waals surface area contributed by atoms with E-state index in [0.717, 1.165) is 32.8 Å². The minimum Gasteiger partial charge on any atom is -0.380 e. The Morgan fingerprint density at radius 3 is 2.56 bits per heavy atom. The molecular weight excluding hydrogens is 224 g/mol. The van der Waals surface area contributed by atoms with E-state index in [4.69, 9.17) is 4.74 Å². The highest BCUT2D eigenvalue weighted by atomic mass is 16.5. The van der Waals surface area contributed by atoms with Gasteiger partial charge in [-0.3, -0.25) is 4.90 Å². The molecule has 1 rings (SSSR count). The van der Waals surface area contributed by atoms with Crippen LogP contribution >= 0.6 is 0 Å². The van der Waals surface area contributed by atoms with Crippen molar-refractivity contribution >= 4 is 0 Å². The highest BCUT2D eigenvalue weighted by Crippen LogP contribution is 2.23. The van der Waals surface area contributed by atoms with E-state index in [1.807, 2.05) is 0 Å². The molecule has 108 valence electrons. The second-order valence-corrected chi connectivity index (χ2v) is 7.14. The summed E-state index contributed by atoms with van der Waals surface area (Å²) in [7, 11) is 0. The van der Waals surface area contributed by atoms with Crippen LogP contribution in [-0.2, 0) is 4.74 Å². The first-order valence-corrected chi connectivity index (χ1v) is 7.36.